The predicted molar refractivity (Wildman–Crippen MR) is 57.4 cm³/mol. The van der Waals surface area contributed by atoms with Crippen LogP contribution in [0.15, 0.2) is 6.33 Å². The summed E-state index contributed by atoms with van der Waals surface area (Å²) in [6, 6.07) is 1.38. The van der Waals surface area contributed by atoms with E-state index in [1.165, 1.54) is 11.0 Å². The topological polar surface area (TPSA) is 83.6 Å². The van der Waals surface area contributed by atoms with Gasteiger partial charge in [-0.15, -0.1) is 5.10 Å². The molecular formula is C10H15N5O. The van der Waals surface area contributed by atoms with Crippen molar-refractivity contribution in [2.24, 2.45) is 0 Å². The first-order valence-corrected chi connectivity index (χ1v) is 5.28. The third-order valence-corrected chi connectivity index (χ3v) is 2.21. The van der Waals surface area contributed by atoms with Crippen LogP contribution in [0.4, 0.5) is 0 Å². The van der Waals surface area contributed by atoms with Crippen LogP contribution in [0.25, 0.3) is 0 Å². The largest absolute Gasteiger partial charge is 0.354 e. The van der Waals surface area contributed by atoms with E-state index in [9.17, 15) is 4.79 Å². The number of carbonyl (C=O) groups is 1. The van der Waals surface area contributed by atoms with Crippen molar-refractivity contribution in [2.45, 2.75) is 32.7 Å². The molecule has 1 rings (SSSR count). The van der Waals surface area contributed by atoms with Crippen LogP contribution in [-0.4, -0.2) is 27.2 Å². The Hall–Kier alpha value is -1.90. The highest BCUT2D eigenvalue weighted by atomic mass is 16.2. The van der Waals surface area contributed by atoms with Gasteiger partial charge in [-0.1, -0.05) is 13.3 Å². The van der Waals surface area contributed by atoms with E-state index in [0.717, 1.165) is 12.8 Å². The summed E-state index contributed by atoms with van der Waals surface area (Å²) in [5, 5.41) is 15.2. The highest BCUT2D eigenvalue weighted by molar-refractivity contribution is 5.79. The maximum absolute atomic E-state index is 11.6. The second-order valence-electron chi connectivity index (χ2n) is 3.48. The maximum Gasteiger partial charge on any atom is 0.252 e. The molecule has 0 fully saturated rings. The van der Waals surface area contributed by atoms with Gasteiger partial charge in [0.1, 0.15) is 18.4 Å². The number of carbonyl (C=O) groups excluding carboxylic acids is 1. The van der Waals surface area contributed by atoms with Gasteiger partial charge in [-0.05, 0) is 13.3 Å². The lowest BCUT2D eigenvalue weighted by atomic mass is 10.3. The molecule has 1 unspecified atom stereocenters. The fourth-order valence-electron chi connectivity index (χ4n) is 1.17. The van der Waals surface area contributed by atoms with E-state index in [-0.39, 0.29) is 11.7 Å². The minimum Gasteiger partial charge on any atom is -0.354 e. The highest BCUT2D eigenvalue weighted by Gasteiger charge is 2.15. The molecule has 1 amide bonds. The number of nitriles is 1. The van der Waals surface area contributed by atoms with Crippen LogP contribution in [0.2, 0.25) is 0 Å². The van der Waals surface area contributed by atoms with E-state index >= 15 is 0 Å². The van der Waals surface area contributed by atoms with Crippen molar-refractivity contribution in [2.75, 3.05) is 6.54 Å². The zero-order chi connectivity index (χ0) is 12.0. The molecule has 0 saturated heterocycles. The number of unbranched alkanes of at least 4 members (excludes halogenated alkanes) is 1. The lowest BCUT2D eigenvalue weighted by Crippen LogP contribution is -2.31. The zero-order valence-corrected chi connectivity index (χ0v) is 9.47. The fourth-order valence-corrected chi connectivity index (χ4v) is 1.17. The van der Waals surface area contributed by atoms with Crippen LogP contribution < -0.4 is 5.32 Å². The lowest BCUT2D eigenvalue weighted by Gasteiger charge is -2.11. The second kappa shape index (κ2) is 5.85. The first kappa shape index (κ1) is 12.2. The number of aromatic nitrogens is 3. The molecule has 6 nitrogen and oxygen atoms in total. The minimum atomic E-state index is -0.438. The van der Waals surface area contributed by atoms with E-state index in [1.807, 2.05) is 6.07 Å². The quantitative estimate of drug-likeness (QED) is 0.739. The van der Waals surface area contributed by atoms with Crippen molar-refractivity contribution >= 4 is 5.91 Å². The Morgan fingerprint density at radius 2 is 2.50 bits per heavy atom. The Morgan fingerprint density at radius 1 is 1.75 bits per heavy atom. The van der Waals surface area contributed by atoms with Gasteiger partial charge in [0.25, 0.3) is 5.82 Å². The van der Waals surface area contributed by atoms with Gasteiger partial charge >= 0.3 is 0 Å². The molecule has 0 aliphatic carbocycles. The molecule has 16 heavy (non-hydrogen) atoms. The highest BCUT2D eigenvalue weighted by Crippen LogP contribution is 2.03. The number of nitrogens with zero attached hydrogens (tertiary/aromatic N) is 4. The number of hydrogen-bond donors (Lipinski definition) is 1. The Morgan fingerprint density at radius 3 is 3.06 bits per heavy atom. The summed E-state index contributed by atoms with van der Waals surface area (Å²) in [6.07, 6.45) is 3.39. The van der Waals surface area contributed by atoms with Gasteiger partial charge in [0.05, 0.1) is 0 Å². The molecule has 1 N–H and O–H groups in total. The smallest absolute Gasteiger partial charge is 0.252 e. The summed E-state index contributed by atoms with van der Waals surface area (Å²) in [7, 11) is 0. The minimum absolute atomic E-state index is 0.0770. The molecule has 0 saturated carbocycles. The first-order chi connectivity index (χ1) is 7.69. The summed E-state index contributed by atoms with van der Waals surface area (Å²) in [6.45, 7) is 4.45. The van der Waals surface area contributed by atoms with Crippen molar-refractivity contribution in [1.82, 2.24) is 20.1 Å². The molecule has 0 aromatic carbocycles. The summed E-state index contributed by atoms with van der Waals surface area (Å²) < 4.78 is 1.39. The monoisotopic (exact) mass is 221 g/mol. The fraction of sp³-hybridized carbons (Fsp3) is 0.600. The van der Waals surface area contributed by atoms with Crippen molar-refractivity contribution in [3.63, 3.8) is 0 Å². The Balaban J connectivity index is 2.53. The van der Waals surface area contributed by atoms with E-state index in [1.54, 1.807) is 6.92 Å². The number of amides is 1. The molecule has 0 radical (unpaired) electrons. The Kier molecular flexibility index (Phi) is 4.45. The standard InChI is InChI=1S/C10H15N5O/c1-3-4-5-12-10(16)8(2)15-7-13-9(6-11)14-15/h7-8H,3-5H2,1-2H3,(H,12,16). The molecule has 86 valence electrons. The van der Waals surface area contributed by atoms with Gasteiger partial charge in [-0.3, -0.25) is 4.79 Å². The molecule has 1 aromatic rings. The lowest BCUT2D eigenvalue weighted by molar-refractivity contribution is -0.124. The van der Waals surface area contributed by atoms with Gasteiger partial charge in [0, 0.05) is 6.54 Å². The van der Waals surface area contributed by atoms with E-state index < -0.39 is 6.04 Å². The number of rotatable bonds is 5. The molecule has 0 spiro atoms. The second-order valence-corrected chi connectivity index (χ2v) is 3.48. The summed E-state index contributed by atoms with van der Waals surface area (Å²) >= 11 is 0. The molecule has 0 bridgehead atoms. The molecule has 1 atom stereocenters. The average Bonchev–Trinajstić information content (AvgIpc) is 2.76. The van der Waals surface area contributed by atoms with Crippen LogP contribution in [0.1, 0.15) is 38.6 Å². The molecule has 0 aliphatic rings. The SMILES string of the molecule is CCCCNC(=O)C(C)n1cnc(C#N)n1. The van der Waals surface area contributed by atoms with E-state index in [0.29, 0.717) is 6.54 Å². The molecule has 1 aromatic heterocycles. The third-order valence-electron chi connectivity index (χ3n) is 2.21. The van der Waals surface area contributed by atoms with Gasteiger partial charge in [-0.25, -0.2) is 9.67 Å². The van der Waals surface area contributed by atoms with Crippen LogP contribution in [0, 0.1) is 11.3 Å². The number of hydrogen-bond acceptors (Lipinski definition) is 4. The predicted octanol–water partition coefficient (Wildman–Crippen LogP) is 0.627. The average molecular weight is 221 g/mol. The van der Waals surface area contributed by atoms with Crippen LogP contribution in [0.3, 0.4) is 0 Å². The first-order valence-electron chi connectivity index (χ1n) is 5.28. The van der Waals surface area contributed by atoms with Crippen molar-refractivity contribution in [1.29, 1.82) is 5.26 Å². The molecule has 6 heteroatoms. The van der Waals surface area contributed by atoms with Crippen molar-refractivity contribution in [3.05, 3.63) is 12.2 Å². The normalized spacial score (nSPS) is 11.8. The summed E-state index contributed by atoms with van der Waals surface area (Å²) in [5.41, 5.74) is 0. The summed E-state index contributed by atoms with van der Waals surface area (Å²) in [4.78, 5) is 15.4. The summed E-state index contributed by atoms with van der Waals surface area (Å²) in [5.74, 6) is -0.0314. The Labute approximate surface area is 94.3 Å². The molecule has 1 heterocycles. The Bertz CT molecular complexity index is 392. The van der Waals surface area contributed by atoms with Crippen molar-refractivity contribution in [3.8, 4) is 6.07 Å². The maximum atomic E-state index is 11.6. The third kappa shape index (κ3) is 3.05. The van der Waals surface area contributed by atoms with Crippen LogP contribution in [0.5, 0.6) is 0 Å². The van der Waals surface area contributed by atoms with Gasteiger partial charge in [0.15, 0.2) is 0 Å². The zero-order valence-electron chi connectivity index (χ0n) is 9.47. The molecular weight excluding hydrogens is 206 g/mol. The van der Waals surface area contributed by atoms with Gasteiger partial charge in [0.2, 0.25) is 5.91 Å². The van der Waals surface area contributed by atoms with Crippen molar-refractivity contribution < 1.29 is 4.79 Å². The number of nitrogens with one attached hydrogen (secondary N) is 1. The van der Waals surface area contributed by atoms with Crippen LogP contribution >= 0.6 is 0 Å². The van der Waals surface area contributed by atoms with Gasteiger partial charge in [-0.2, -0.15) is 5.26 Å². The van der Waals surface area contributed by atoms with Gasteiger partial charge < -0.3 is 5.32 Å². The van der Waals surface area contributed by atoms with Crippen LogP contribution in [-0.2, 0) is 4.79 Å². The van der Waals surface area contributed by atoms with E-state index in [4.69, 9.17) is 5.26 Å². The van der Waals surface area contributed by atoms with E-state index in [2.05, 4.69) is 22.3 Å². The molecule has 0 aliphatic heterocycles.